The SMILES string of the molecule is Cl.Cl.Nc1cc(F)cc([C@H](C2CCC2)N2CCNCC2)c1O. The summed E-state index contributed by atoms with van der Waals surface area (Å²) in [5, 5.41) is 13.6. The van der Waals surface area contributed by atoms with Crippen LogP contribution >= 0.6 is 24.8 Å². The highest BCUT2D eigenvalue weighted by atomic mass is 35.5. The monoisotopic (exact) mass is 351 g/mol. The number of phenols is 1. The van der Waals surface area contributed by atoms with E-state index in [4.69, 9.17) is 5.73 Å². The number of anilines is 1. The minimum absolute atomic E-state index is 0. The number of rotatable bonds is 3. The van der Waals surface area contributed by atoms with Gasteiger partial charge in [-0.3, -0.25) is 4.90 Å². The molecule has 0 spiro atoms. The van der Waals surface area contributed by atoms with Crippen molar-refractivity contribution in [3.63, 3.8) is 0 Å². The van der Waals surface area contributed by atoms with Crippen LogP contribution < -0.4 is 11.1 Å². The molecule has 2 fully saturated rings. The van der Waals surface area contributed by atoms with Gasteiger partial charge in [-0.2, -0.15) is 0 Å². The molecule has 7 heteroatoms. The van der Waals surface area contributed by atoms with Gasteiger partial charge in [0.25, 0.3) is 0 Å². The van der Waals surface area contributed by atoms with Crippen LogP contribution in [-0.4, -0.2) is 36.2 Å². The van der Waals surface area contributed by atoms with Crippen molar-refractivity contribution in [2.75, 3.05) is 31.9 Å². The summed E-state index contributed by atoms with van der Waals surface area (Å²) in [4.78, 5) is 2.36. The van der Waals surface area contributed by atoms with Crippen molar-refractivity contribution in [2.24, 2.45) is 5.92 Å². The van der Waals surface area contributed by atoms with E-state index in [0.717, 1.165) is 39.0 Å². The molecule has 1 aromatic carbocycles. The molecular weight excluding hydrogens is 328 g/mol. The molecule has 1 aliphatic heterocycles. The fourth-order valence-corrected chi connectivity index (χ4v) is 3.33. The lowest BCUT2D eigenvalue weighted by Crippen LogP contribution is -2.47. The van der Waals surface area contributed by atoms with Gasteiger partial charge >= 0.3 is 0 Å². The standard InChI is InChI=1S/C15H22FN3O.2ClH/c16-11-8-12(15(20)13(17)9-11)14(10-2-1-3-10)19-6-4-18-5-7-19;;/h8-10,14,18,20H,1-7,17H2;2*1H/t14-;;/m0../s1. The third-order valence-electron chi connectivity index (χ3n) is 4.59. The maximum absolute atomic E-state index is 13.7. The number of hydrogen-bond acceptors (Lipinski definition) is 4. The summed E-state index contributed by atoms with van der Waals surface area (Å²) < 4.78 is 13.7. The molecule has 1 atom stereocenters. The molecule has 126 valence electrons. The topological polar surface area (TPSA) is 61.5 Å². The fourth-order valence-electron chi connectivity index (χ4n) is 3.33. The van der Waals surface area contributed by atoms with Gasteiger partial charge in [-0.05, 0) is 24.8 Å². The molecule has 1 heterocycles. The highest BCUT2D eigenvalue weighted by Gasteiger charge is 2.35. The average Bonchev–Trinajstić information content (AvgIpc) is 2.39. The Hall–Kier alpha value is -0.750. The van der Waals surface area contributed by atoms with Crippen LogP contribution in [0.1, 0.15) is 30.9 Å². The molecule has 3 rings (SSSR count). The zero-order valence-corrected chi connectivity index (χ0v) is 14.1. The second-order valence-electron chi connectivity index (χ2n) is 5.85. The zero-order chi connectivity index (χ0) is 14.1. The van der Waals surface area contributed by atoms with Gasteiger partial charge in [0.1, 0.15) is 11.6 Å². The van der Waals surface area contributed by atoms with Gasteiger partial charge in [0, 0.05) is 43.9 Å². The van der Waals surface area contributed by atoms with Gasteiger partial charge in [-0.1, -0.05) is 6.42 Å². The Balaban J connectivity index is 0.00000121. The van der Waals surface area contributed by atoms with E-state index in [1.165, 1.54) is 18.6 Å². The van der Waals surface area contributed by atoms with Crippen molar-refractivity contribution in [3.05, 3.63) is 23.5 Å². The summed E-state index contributed by atoms with van der Waals surface area (Å²) in [5.74, 6) is 0.191. The van der Waals surface area contributed by atoms with Gasteiger partial charge < -0.3 is 16.2 Å². The van der Waals surface area contributed by atoms with Gasteiger partial charge in [-0.25, -0.2) is 4.39 Å². The van der Waals surface area contributed by atoms with E-state index in [2.05, 4.69) is 10.2 Å². The molecule has 1 saturated carbocycles. The minimum atomic E-state index is -0.366. The minimum Gasteiger partial charge on any atom is -0.505 e. The second-order valence-corrected chi connectivity index (χ2v) is 5.85. The molecule has 0 unspecified atom stereocenters. The smallest absolute Gasteiger partial charge is 0.143 e. The Morgan fingerprint density at radius 1 is 1.23 bits per heavy atom. The summed E-state index contributed by atoms with van der Waals surface area (Å²) in [7, 11) is 0. The number of hydrogen-bond donors (Lipinski definition) is 3. The number of nitrogens with two attached hydrogens (primary N) is 1. The predicted molar refractivity (Wildman–Crippen MR) is 91.5 cm³/mol. The number of aromatic hydroxyl groups is 1. The van der Waals surface area contributed by atoms with Crippen LogP contribution in [0, 0.1) is 11.7 Å². The summed E-state index contributed by atoms with van der Waals surface area (Å²) in [6.45, 7) is 3.73. The molecule has 4 nitrogen and oxygen atoms in total. The highest BCUT2D eigenvalue weighted by molar-refractivity contribution is 5.85. The maximum atomic E-state index is 13.7. The number of phenolic OH excluding ortho intramolecular Hbond substituents is 1. The van der Waals surface area contributed by atoms with Crippen molar-refractivity contribution in [3.8, 4) is 5.75 Å². The third-order valence-corrected chi connectivity index (χ3v) is 4.59. The van der Waals surface area contributed by atoms with Gasteiger partial charge in [0.05, 0.1) is 5.69 Å². The Kier molecular flexibility index (Phi) is 7.19. The van der Waals surface area contributed by atoms with Gasteiger partial charge in [-0.15, -0.1) is 24.8 Å². The summed E-state index contributed by atoms with van der Waals surface area (Å²) in [6.07, 6.45) is 3.51. The largest absolute Gasteiger partial charge is 0.505 e. The first-order valence-corrected chi connectivity index (χ1v) is 7.39. The first-order chi connectivity index (χ1) is 9.66. The van der Waals surface area contributed by atoms with Crippen LogP contribution in [0.2, 0.25) is 0 Å². The number of nitrogen functional groups attached to an aromatic ring is 1. The van der Waals surface area contributed by atoms with Gasteiger partial charge in [0.2, 0.25) is 0 Å². The second kappa shape index (κ2) is 8.20. The van der Waals surface area contributed by atoms with Crippen LogP contribution in [0.25, 0.3) is 0 Å². The molecule has 0 aromatic heterocycles. The molecular formula is C15H24Cl2FN3O. The van der Waals surface area contributed by atoms with E-state index in [9.17, 15) is 9.50 Å². The van der Waals surface area contributed by atoms with E-state index in [0.29, 0.717) is 11.5 Å². The molecule has 1 aliphatic carbocycles. The molecule has 2 aliphatic rings. The van der Waals surface area contributed by atoms with Crippen molar-refractivity contribution >= 4 is 30.5 Å². The van der Waals surface area contributed by atoms with Crippen LogP contribution in [-0.2, 0) is 0 Å². The summed E-state index contributed by atoms with van der Waals surface area (Å²) >= 11 is 0. The quantitative estimate of drug-likeness (QED) is 0.578. The first-order valence-electron chi connectivity index (χ1n) is 7.39. The number of piperazine rings is 1. The van der Waals surface area contributed by atoms with Crippen molar-refractivity contribution in [1.82, 2.24) is 10.2 Å². The van der Waals surface area contributed by atoms with Crippen LogP contribution in [0.4, 0.5) is 10.1 Å². The number of nitrogens with one attached hydrogen (secondary N) is 1. The fraction of sp³-hybridized carbons (Fsp3) is 0.600. The van der Waals surface area contributed by atoms with Crippen molar-refractivity contribution in [2.45, 2.75) is 25.3 Å². The maximum Gasteiger partial charge on any atom is 0.143 e. The molecule has 1 aromatic rings. The number of nitrogens with zero attached hydrogens (tertiary/aromatic N) is 1. The third kappa shape index (κ3) is 3.77. The molecule has 22 heavy (non-hydrogen) atoms. The van der Waals surface area contributed by atoms with E-state index in [1.54, 1.807) is 0 Å². The Labute approximate surface area is 143 Å². The van der Waals surface area contributed by atoms with Gasteiger partial charge in [0.15, 0.2) is 0 Å². The predicted octanol–water partition coefficient (Wildman–Crippen LogP) is 2.70. The highest BCUT2D eigenvalue weighted by Crippen LogP contribution is 2.45. The molecule has 0 bridgehead atoms. The van der Waals surface area contributed by atoms with E-state index in [1.807, 2.05) is 0 Å². The Morgan fingerprint density at radius 2 is 1.86 bits per heavy atom. The van der Waals surface area contributed by atoms with Crippen LogP contribution in [0.5, 0.6) is 5.75 Å². The number of benzene rings is 1. The number of halogens is 3. The normalized spacial score (nSPS) is 20.4. The summed E-state index contributed by atoms with van der Waals surface area (Å²) in [5.41, 5.74) is 6.53. The van der Waals surface area contributed by atoms with E-state index >= 15 is 0 Å². The lowest BCUT2D eigenvalue weighted by atomic mass is 9.76. The molecule has 0 radical (unpaired) electrons. The lowest BCUT2D eigenvalue weighted by Gasteiger charge is -2.43. The lowest BCUT2D eigenvalue weighted by molar-refractivity contribution is 0.0818. The van der Waals surface area contributed by atoms with E-state index < -0.39 is 0 Å². The van der Waals surface area contributed by atoms with Crippen molar-refractivity contribution in [1.29, 1.82) is 0 Å². The first kappa shape index (κ1) is 19.3. The molecule has 0 amide bonds. The van der Waals surface area contributed by atoms with Crippen LogP contribution in [0.3, 0.4) is 0 Å². The molecule has 4 N–H and O–H groups in total. The Bertz CT molecular complexity index is 494. The van der Waals surface area contributed by atoms with E-state index in [-0.39, 0.29) is 48.1 Å². The summed E-state index contributed by atoms with van der Waals surface area (Å²) in [6, 6.07) is 2.73. The van der Waals surface area contributed by atoms with Crippen LogP contribution in [0.15, 0.2) is 12.1 Å². The zero-order valence-electron chi connectivity index (χ0n) is 12.4. The average molecular weight is 352 g/mol. The molecule has 1 saturated heterocycles. The Morgan fingerprint density at radius 3 is 2.41 bits per heavy atom. The van der Waals surface area contributed by atoms with Crippen molar-refractivity contribution < 1.29 is 9.50 Å².